The van der Waals surface area contributed by atoms with Gasteiger partial charge in [-0.1, -0.05) is 0 Å². The molecule has 0 aliphatic rings. The lowest BCUT2D eigenvalue weighted by molar-refractivity contribution is -0.385. The van der Waals surface area contributed by atoms with Gasteiger partial charge in [-0.3, -0.25) is 19.7 Å². The monoisotopic (exact) mass is 353 g/mol. The largest absolute Gasteiger partial charge is 0.297 e. The van der Waals surface area contributed by atoms with E-state index in [-0.39, 0.29) is 4.90 Å². The maximum atomic E-state index is 12.6. The van der Waals surface area contributed by atoms with Gasteiger partial charge in [0, 0.05) is 12.3 Å². The number of carbonyl (C=O) groups is 2. The van der Waals surface area contributed by atoms with Gasteiger partial charge in [0.05, 0.1) is 15.4 Å². The van der Waals surface area contributed by atoms with Gasteiger partial charge in [-0.05, 0) is 29.5 Å². The molecule has 12 heteroatoms. The Balaban J connectivity index is 2.60. The molecule has 0 N–H and O–H groups in total. The highest BCUT2D eigenvalue weighted by molar-refractivity contribution is 7.90. The van der Waals surface area contributed by atoms with Crippen LogP contribution in [0.1, 0.15) is 23.3 Å². The summed E-state index contributed by atoms with van der Waals surface area (Å²) in [7, 11) is -3.70. The number of nitro benzene ring substituents is 1. The normalized spacial score (nSPS) is 12.6. The van der Waals surface area contributed by atoms with Gasteiger partial charge in [-0.15, -0.1) is 5.10 Å². The van der Waals surface area contributed by atoms with Crippen molar-refractivity contribution in [3.63, 3.8) is 0 Å². The van der Waals surface area contributed by atoms with Crippen molar-refractivity contribution in [2.75, 3.05) is 6.26 Å². The number of tetrazole rings is 1. The fourth-order valence-corrected chi connectivity index (χ4v) is 2.67. The molecule has 0 saturated carbocycles. The Bertz CT molecular complexity index is 921. The number of hydrogen-bond donors (Lipinski definition) is 0. The van der Waals surface area contributed by atoms with Crippen molar-refractivity contribution in [1.29, 1.82) is 0 Å². The Morgan fingerprint density at radius 3 is 2.46 bits per heavy atom. The topological polar surface area (TPSA) is 155 Å². The van der Waals surface area contributed by atoms with Gasteiger partial charge in [0.25, 0.3) is 5.69 Å². The van der Waals surface area contributed by atoms with E-state index in [1.165, 1.54) is 0 Å². The lowest BCUT2D eigenvalue weighted by atomic mass is 10.00. The minimum atomic E-state index is -3.70. The number of carbonyl (C=O) groups excluding carboxylic acids is 2. The first-order chi connectivity index (χ1) is 11.1. The summed E-state index contributed by atoms with van der Waals surface area (Å²) in [5, 5.41) is 21.3. The van der Waals surface area contributed by atoms with E-state index in [0.717, 1.165) is 42.4 Å². The molecule has 0 radical (unpaired) electrons. The number of rotatable bonds is 6. The van der Waals surface area contributed by atoms with Crippen molar-refractivity contribution in [3.8, 4) is 0 Å². The van der Waals surface area contributed by atoms with Crippen LogP contribution in [0.4, 0.5) is 5.69 Å². The molecule has 1 unspecified atom stereocenters. The van der Waals surface area contributed by atoms with Crippen LogP contribution in [0, 0.1) is 10.1 Å². The molecular weight excluding hydrogens is 342 g/mol. The fourth-order valence-electron chi connectivity index (χ4n) is 2.03. The second-order valence-corrected chi connectivity index (χ2v) is 6.89. The first-order valence-corrected chi connectivity index (χ1v) is 8.27. The summed E-state index contributed by atoms with van der Waals surface area (Å²) in [6.45, 7) is 1.11. The van der Waals surface area contributed by atoms with E-state index in [1.54, 1.807) is 0 Å². The van der Waals surface area contributed by atoms with Crippen molar-refractivity contribution in [1.82, 2.24) is 20.2 Å². The number of sulfone groups is 1. The number of aromatic nitrogens is 4. The summed E-state index contributed by atoms with van der Waals surface area (Å²) in [6, 6.07) is 1.35. The van der Waals surface area contributed by atoms with Gasteiger partial charge in [-0.25, -0.2) is 13.1 Å². The number of Topliss-reactive ketones (excluding diaryl/α,β-unsaturated/α-hetero) is 2. The van der Waals surface area contributed by atoms with Crippen molar-refractivity contribution in [3.05, 3.63) is 40.2 Å². The van der Waals surface area contributed by atoms with E-state index in [2.05, 4.69) is 15.5 Å². The van der Waals surface area contributed by atoms with Gasteiger partial charge >= 0.3 is 0 Å². The molecule has 11 nitrogen and oxygen atoms in total. The van der Waals surface area contributed by atoms with E-state index in [4.69, 9.17) is 0 Å². The maximum absolute atomic E-state index is 12.6. The van der Waals surface area contributed by atoms with Crippen LogP contribution in [0.3, 0.4) is 0 Å². The van der Waals surface area contributed by atoms with Gasteiger partial charge in [-0.2, -0.15) is 0 Å². The summed E-state index contributed by atoms with van der Waals surface area (Å²) in [6.07, 6.45) is 1.91. The molecule has 0 fully saturated rings. The summed E-state index contributed by atoms with van der Waals surface area (Å²) >= 11 is 0. The zero-order valence-electron chi connectivity index (χ0n) is 12.5. The molecule has 126 valence electrons. The first-order valence-electron chi connectivity index (χ1n) is 6.38. The van der Waals surface area contributed by atoms with Crippen LogP contribution in [0.25, 0.3) is 0 Å². The molecular formula is C12H11N5O6S. The third-order valence-corrected chi connectivity index (χ3v) is 4.23. The molecule has 1 aromatic carbocycles. The third-order valence-electron chi connectivity index (χ3n) is 3.12. The van der Waals surface area contributed by atoms with Gasteiger partial charge in [0.2, 0.25) is 5.78 Å². The lowest BCUT2D eigenvalue weighted by Crippen LogP contribution is -2.27. The number of nitro groups is 1. The van der Waals surface area contributed by atoms with E-state index < -0.39 is 43.6 Å². The SMILES string of the molecule is CC(=O)C(C(=O)c1ccc(S(C)(=O)=O)cc1[N+](=O)[O-])n1cnnn1. The minimum absolute atomic E-state index is 0.312. The zero-order chi connectivity index (χ0) is 18.1. The van der Waals surface area contributed by atoms with Crippen molar-refractivity contribution >= 4 is 27.1 Å². The van der Waals surface area contributed by atoms with Crippen molar-refractivity contribution in [2.45, 2.75) is 17.9 Å². The molecule has 24 heavy (non-hydrogen) atoms. The molecule has 0 bridgehead atoms. The Kier molecular flexibility index (Phi) is 4.50. The second-order valence-electron chi connectivity index (χ2n) is 4.88. The number of nitrogens with zero attached hydrogens (tertiary/aromatic N) is 5. The van der Waals surface area contributed by atoms with Crippen LogP contribution < -0.4 is 0 Å². The minimum Gasteiger partial charge on any atom is -0.297 e. The molecule has 0 aliphatic heterocycles. The number of ketones is 2. The zero-order valence-corrected chi connectivity index (χ0v) is 13.3. The van der Waals surface area contributed by atoms with Crippen LogP contribution >= 0.6 is 0 Å². The molecule has 0 aliphatic carbocycles. The first kappa shape index (κ1) is 17.3. The van der Waals surface area contributed by atoms with Gasteiger partial charge in [0.1, 0.15) is 6.33 Å². The average molecular weight is 353 g/mol. The molecule has 1 atom stereocenters. The predicted molar refractivity (Wildman–Crippen MR) is 78.1 cm³/mol. The van der Waals surface area contributed by atoms with Crippen LogP contribution in [-0.2, 0) is 14.6 Å². The lowest BCUT2D eigenvalue weighted by Gasteiger charge is -2.12. The van der Waals surface area contributed by atoms with E-state index in [9.17, 15) is 28.1 Å². The quantitative estimate of drug-likeness (QED) is 0.302. The fraction of sp³-hybridized carbons (Fsp3) is 0.250. The Morgan fingerprint density at radius 2 is 2.00 bits per heavy atom. The second kappa shape index (κ2) is 6.23. The predicted octanol–water partition coefficient (Wildman–Crippen LogP) is -0.00220. The molecule has 0 saturated heterocycles. The highest BCUT2D eigenvalue weighted by Gasteiger charge is 2.33. The summed E-state index contributed by atoms with van der Waals surface area (Å²) in [4.78, 5) is 34.3. The number of hydrogen-bond acceptors (Lipinski definition) is 9. The number of benzene rings is 1. The maximum Gasteiger partial charge on any atom is 0.281 e. The molecule has 0 amide bonds. The molecule has 2 aromatic rings. The Hall–Kier alpha value is -3.02. The summed E-state index contributed by atoms with van der Waals surface area (Å²) in [5.74, 6) is -1.55. The molecule has 1 aromatic heterocycles. The summed E-state index contributed by atoms with van der Waals surface area (Å²) in [5.41, 5.74) is -1.13. The van der Waals surface area contributed by atoms with Crippen molar-refractivity contribution < 1.29 is 22.9 Å². The average Bonchev–Trinajstić information content (AvgIpc) is 2.99. The van der Waals surface area contributed by atoms with Crippen LogP contribution in [0.5, 0.6) is 0 Å². The van der Waals surface area contributed by atoms with Gasteiger partial charge in [0.15, 0.2) is 21.7 Å². The Labute approximate surface area is 135 Å². The van der Waals surface area contributed by atoms with Crippen LogP contribution in [0.15, 0.2) is 29.4 Å². The molecule has 1 heterocycles. The van der Waals surface area contributed by atoms with E-state index in [0.29, 0.717) is 0 Å². The highest BCUT2D eigenvalue weighted by atomic mass is 32.2. The Morgan fingerprint density at radius 1 is 1.33 bits per heavy atom. The third kappa shape index (κ3) is 3.32. The van der Waals surface area contributed by atoms with Crippen LogP contribution in [0.2, 0.25) is 0 Å². The summed E-state index contributed by atoms with van der Waals surface area (Å²) < 4.78 is 23.9. The standard InChI is InChI=1S/C12H11N5O6S/c1-7(18)11(16-6-13-14-15-16)12(19)9-4-3-8(24(2,22)23)5-10(9)17(20)21/h3-6,11H,1-2H3. The van der Waals surface area contributed by atoms with Crippen LogP contribution in [-0.4, -0.2) is 51.4 Å². The smallest absolute Gasteiger partial charge is 0.281 e. The molecule has 2 rings (SSSR count). The van der Waals surface area contributed by atoms with Gasteiger partial charge < -0.3 is 0 Å². The van der Waals surface area contributed by atoms with Crippen molar-refractivity contribution in [2.24, 2.45) is 0 Å². The molecule has 0 spiro atoms. The van der Waals surface area contributed by atoms with E-state index >= 15 is 0 Å². The highest BCUT2D eigenvalue weighted by Crippen LogP contribution is 2.27. The van der Waals surface area contributed by atoms with E-state index in [1.807, 2.05) is 0 Å².